The van der Waals surface area contributed by atoms with Crippen molar-refractivity contribution in [1.82, 2.24) is 0 Å². The van der Waals surface area contributed by atoms with Crippen molar-refractivity contribution in [3.05, 3.63) is 28.8 Å². The minimum Gasteiger partial charge on any atom is -0.414 e. The molecule has 0 radical (unpaired) electrons. The zero-order valence-corrected chi connectivity index (χ0v) is 19.2. The fourth-order valence-corrected chi connectivity index (χ4v) is 4.99. The van der Waals surface area contributed by atoms with Crippen LogP contribution in [0, 0.1) is 0 Å². The van der Waals surface area contributed by atoms with Crippen LogP contribution in [0.5, 0.6) is 0 Å². The molecule has 0 bridgehead atoms. The van der Waals surface area contributed by atoms with E-state index >= 15 is 0 Å². The van der Waals surface area contributed by atoms with Crippen molar-refractivity contribution in [2.24, 2.45) is 0 Å². The highest BCUT2D eigenvalue weighted by Crippen LogP contribution is 2.41. The van der Waals surface area contributed by atoms with E-state index in [2.05, 4.69) is 73.7 Å². The first-order valence-electron chi connectivity index (χ1n) is 10.0. The summed E-state index contributed by atoms with van der Waals surface area (Å²) in [5.74, 6) is 0. The third kappa shape index (κ3) is 3.44. The van der Waals surface area contributed by atoms with Crippen molar-refractivity contribution in [3.63, 3.8) is 0 Å². The smallest absolute Gasteiger partial charge is 0.414 e. The summed E-state index contributed by atoms with van der Waals surface area (Å²) in [6.07, 6.45) is 2.36. The van der Waals surface area contributed by atoms with Crippen molar-refractivity contribution in [1.29, 1.82) is 0 Å². The lowest BCUT2D eigenvalue weighted by atomic mass is 9.66. The molecule has 1 heterocycles. The topological polar surface area (TPSA) is 27.7 Å². The summed E-state index contributed by atoms with van der Waals surface area (Å²) in [4.78, 5) is 0. The molecule has 1 unspecified atom stereocenters. The lowest BCUT2D eigenvalue weighted by Gasteiger charge is -2.32. The summed E-state index contributed by atoms with van der Waals surface area (Å²) in [7, 11) is -1.38. The Morgan fingerprint density at radius 2 is 1.65 bits per heavy atom. The van der Waals surface area contributed by atoms with Gasteiger partial charge < -0.3 is 13.7 Å². The van der Waals surface area contributed by atoms with E-state index in [-0.39, 0.29) is 29.8 Å². The van der Waals surface area contributed by atoms with Crippen LogP contribution in [0.4, 0.5) is 0 Å². The minimum absolute atomic E-state index is 0.0414. The van der Waals surface area contributed by atoms with Gasteiger partial charge in [0.15, 0.2) is 9.04 Å². The van der Waals surface area contributed by atoms with E-state index in [1.54, 1.807) is 0 Å². The van der Waals surface area contributed by atoms with Gasteiger partial charge in [0, 0.05) is 0 Å². The molecule has 3 rings (SSSR count). The Morgan fingerprint density at radius 1 is 1.08 bits per heavy atom. The van der Waals surface area contributed by atoms with Gasteiger partial charge in [0.05, 0.1) is 17.3 Å². The Labute approximate surface area is 161 Å². The van der Waals surface area contributed by atoms with E-state index < -0.39 is 9.04 Å². The quantitative estimate of drug-likeness (QED) is 0.740. The van der Waals surface area contributed by atoms with E-state index in [1.807, 2.05) is 0 Å². The molecule has 1 aliphatic carbocycles. The number of hydrogen-bond acceptors (Lipinski definition) is 3. The highest BCUT2D eigenvalue weighted by atomic mass is 28.3. The van der Waals surface area contributed by atoms with Crippen molar-refractivity contribution in [3.8, 4) is 0 Å². The molecular weight excluding hydrogens is 339 g/mol. The molecule has 1 saturated heterocycles. The second-order valence-electron chi connectivity index (χ2n) is 10.1. The van der Waals surface area contributed by atoms with Gasteiger partial charge in [-0.15, -0.1) is 0 Å². The molecule has 1 aromatic rings. The van der Waals surface area contributed by atoms with Gasteiger partial charge in [-0.25, -0.2) is 0 Å². The Kier molecular flexibility index (Phi) is 5.01. The Hall–Kier alpha value is -0.618. The lowest BCUT2D eigenvalue weighted by Crippen LogP contribution is -2.42. The molecule has 1 fully saturated rings. The third-order valence-electron chi connectivity index (χ3n) is 6.13. The normalized spacial score (nSPS) is 24.4. The van der Waals surface area contributed by atoms with Crippen LogP contribution in [0.25, 0.3) is 0 Å². The predicted molar refractivity (Wildman–Crippen MR) is 112 cm³/mol. The maximum absolute atomic E-state index is 6.47. The van der Waals surface area contributed by atoms with Gasteiger partial charge >= 0.3 is 7.12 Å². The zero-order valence-electron chi connectivity index (χ0n) is 18.0. The Balaban J connectivity index is 2.10. The maximum atomic E-state index is 6.47. The molecule has 0 saturated carbocycles. The van der Waals surface area contributed by atoms with E-state index in [4.69, 9.17) is 13.7 Å². The summed E-state index contributed by atoms with van der Waals surface area (Å²) >= 11 is 0. The van der Waals surface area contributed by atoms with Crippen LogP contribution in [0.3, 0.4) is 0 Å². The summed E-state index contributed by atoms with van der Waals surface area (Å²) < 4.78 is 19.3. The van der Waals surface area contributed by atoms with Gasteiger partial charge in [-0.3, -0.25) is 0 Å². The fourth-order valence-electron chi connectivity index (χ4n) is 4.05. The van der Waals surface area contributed by atoms with Crippen molar-refractivity contribution in [2.75, 3.05) is 0 Å². The lowest BCUT2D eigenvalue weighted by molar-refractivity contribution is 0.00578. The molecule has 0 N–H and O–H groups in total. The Morgan fingerprint density at radius 3 is 2.15 bits per heavy atom. The molecule has 0 amide bonds. The van der Waals surface area contributed by atoms with Gasteiger partial charge in [0.25, 0.3) is 0 Å². The van der Waals surface area contributed by atoms with Crippen LogP contribution in [-0.2, 0) is 25.6 Å². The maximum Gasteiger partial charge on any atom is 0.495 e. The van der Waals surface area contributed by atoms with E-state index in [0.29, 0.717) is 0 Å². The average Bonchev–Trinajstić information content (AvgIpc) is 2.95. The molecule has 1 aromatic carbocycles. The average molecular weight is 374 g/mol. The first kappa shape index (κ1) is 20.1. The molecule has 5 heteroatoms. The molecular formula is C21H35BO3Si. The standard InChI is InChI=1S/C21H35BO3Si/c1-19(2,3)16-12-10-14-15(11-13-17(14)23-26(8)9)18(16)22-24-20(4,5)21(6,7)25-22/h10,12,17,26H,11,13H2,1-9H3. The molecule has 144 valence electrons. The van der Waals surface area contributed by atoms with E-state index in [0.717, 1.165) is 12.8 Å². The summed E-state index contributed by atoms with van der Waals surface area (Å²) in [5.41, 5.74) is 4.73. The first-order valence-corrected chi connectivity index (χ1v) is 12.8. The van der Waals surface area contributed by atoms with Gasteiger partial charge in [0.2, 0.25) is 0 Å². The molecule has 0 spiro atoms. The van der Waals surface area contributed by atoms with Gasteiger partial charge in [-0.05, 0) is 81.2 Å². The van der Waals surface area contributed by atoms with Crippen molar-refractivity contribution >= 4 is 21.6 Å². The highest BCUT2D eigenvalue weighted by molar-refractivity contribution is 6.63. The molecule has 1 aliphatic heterocycles. The van der Waals surface area contributed by atoms with E-state index in [1.165, 1.54) is 22.2 Å². The van der Waals surface area contributed by atoms with E-state index in [9.17, 15) is 0 Å². The summed E-state index contributed by atoms with van der Waals surface area (Å²) in [5, 5.41) is 0. The first-order chi connectivity index (χ1) is 11.8. The minimum atomic E-state index is -1.08. The van der Waals surface area contributed by atoms with Gasteiger partial charge in [0.1, 0.15) is 0 Å². The second-order valence-corrected chi connectivity index (χ2v) is 12.5. The molecule has 0 aromatic heterocycles. The molecule has 3 nitrogen and oxygen atoms in total. The van der Waals surface area contributed by atoms with Crippen LogP contribution in [-0.4, -0.2) is 27.4 Å². The van der Waals surface area contributed by atoms with Crippen molar-refractivity contribution in [2.45, 2.75) is 97.1 Å². The van der Waals surface area contributed by atoms with Crippen LogP contribution >= 0.6 is 0 Å². The summed E-state index contributed by atoms with van der Waals surface area (Å²) in [6, 6.07) is 4.57. The van der Waals surface area contributed by atoms with Crippen molar-refractivity contribution < 1.29 is 13.7 Å². The predicted octanol–water partition coefficient (Wildman–Crippen LogP) is 4.27. The zero-order chi connectivity index (χ0) is 19.5. The van der Waals surface area contributed by atoms with Gasteiger partial charge in [-0.2, -0.15) is 0 Å². The van der Waals surface area contributed by atoms with Gasteiger partial charge in [-0.1, -0.05) is 32.9 Å². The molecule has 1 atom stereocenters. The highest BCUT2D eigenvalue weighted by Gasteiger charge is 2.53. The second kappa shape index (κ2) is 6.47. The Bertz CT molecular complexity index is 675. The number of benzene rings is 1. The monoisotopic (exact) mass is 374 g/mol. The third-order valence-corrected chi connectivity index (χ3v) is 7.00. The van der Waals surface area contributed by atoms with Crippen LogP contribution in [0.2, 0.25) is 13.1 Å². The summed E-state index contributed by atoms with van der Waals surface area (Å²) in [6.45, 7) is 19.8. The molecule has 26 heavy (non-hydrogen) atoms. The van der Waals surface area contributed by atoms with Crippen LogP contribution in [0.1, 0.15) is 77.7 Å². The largest absolute Gasteiger partial charge is 0.495 e. The van der Waals surface area contributed by atoms with Crippen LogP contribution < -0.4 is 5.46 Å². The number of rotatable bonds is 3. The number of fused-ring (bicyclic) bond motifs is 1. The SMILES string of the molecule is C[SiH](C)OC1CCc2c1ccc(C(C)(C)C)c2B1OC(C)(C)C(C)(C)O1. The number of hydrogen-bond donors (Lipinski definition) is 0. The molecule has 2 aliphatic rings. The fraction of sp³-hybridized carbons (Fsp3) is 0.714. The van der Waals surface area contributed by atoms with Crippen LogP contribution in [0.15, 0.2) is 12.1 Å².